The molecule has 1 aliphatic rings. The number of halogens is 2. The Bertz CT molecular complexity index is 808. The van der Waals surface area contributed by atoms with Crippen LogP contribution in [0.5, 0.6) is 0 Å². The van der Waals surface area contributed by atoms with Gasteiger partial charge in [-0.15, -0.1) is 0 Å². The van der Waals surface area contributed by atoms with Crippen molar-refractivity contribution in [3.8, 4) is 0 Å². The van der Waals surface area contributed by atoms with Crippen molar-refractivity contribution in [2.24, 2.45) is 0 Å². The van der Waals surface area contributed by atoms with Gasteiger partial charge in [0.15, 0.2) is 0 Å². The van der Waals surface area contributed by atoms with Crippen LogP contribution in [0.3, 0.4) is 0 Å². The van der Waals surface area contributed by atoms with Gasteiger partial charge in [0, 0.05) is 30.1 Å². The molecule has 1 aromatic carbocycles. The van der Waals surface area contributed by atoms with Gasteiger partial charge in [-0.05, 0) is 24.6 Å². The molecule has 0 radical (unpaired) electrons. The maximum Gasteiger partial charge on any atom is 0.0682 e. The topological polar surface area (TPSA) is 16.1 Å². The highest BCUT2D eigenvalue weighted by molar-refractivity contribution is 6.34. The largest absolute Gasteiger partial charge is 0.340 e. The first-order valence-corrected chi connectivity index (χ1v) is 9.12. The first-order valence-electron chi connectivity index (χ1n) is 8.37. The highest BCUT2D eigenvalue weighted by atomic mass is 35.5. The van der Waals surface area contributed by atoms with E-state index in [1.54, 1.807) is 12.4 Å². The summed E-state index contributed by atoms with van der Waals surface area (Å²) in [4.78, 5) is 6.17. The summed E-state index contributed by atoms with van der Waals surface area (Å²) in [6.45, 7) is 10.9. The molecular weight excluding hydrogens is 351 g/mol. The highest BCUT2D eigenvalue weighted by Crippen LogP contribution is 2.41. The number of pyridine rings is 1. The molecule has 2 nitrogen and oxygen atoms in total. The molecule has 0 amide bonds. The van der Waals surface area contributed by atoms with Gasteiger partial charge in [-0.25, -0.2) is 0 Å². The predicted molar refractivity (Wildman–Crippen MR) is 109 cm³/mol. The number of allylic oxidation sites excluding steroid dienone is 3. The van der Waals surface area contributed by atoms with Crippen molar-refractivity contribution in [1.82, 2.24) is 9.88 Å². The third-order valence-electron chi connectivity index (χ3n) is 3.83. The molecule has 2 heterocycles. The lowest BCUT2D eigenvalue weighted by atomic mass is 9.95. The van der Waals surface area contributed by atoms with Crippen LogP contribution in [0.15, 0.2) is 72.2 Å². The van der Waals surface area contributed by atoms with E-state index in [0.29, 0.717) is 10.1 Å². The lowest BCUT2D eigenvalue weighted by molar-refractivity contribution is 0.529. The van der Waals surface area contributed by atoms with E-state index < -0.39 is 0 Å². The van der Waals surface area contributed by atoms with Crippen molar-refractivity contribution in [3.63, 3.8) is 0 Å². The molecule has 0 fully saturated rings. The number of nitrogens with zero attached hydrogens (tertiary/aromatic N) is 2. The molecule has 0 aliphatic carbocycles. The SMILES string of the molecule is C=C1C(Cl)=CC(c2ccccc2)=C(c2ccncc2Cl)N1CC.CC. The first-order chi connectivity index (χ1) is 12.1. The van der Waals surface area contributed by atoms with Crippen molar-refractivity contribution in [2.45, 2.75) is 20.8 Å². The van der Waals surface area contributed by atoms with Crippen molar-refractivity contribution < 1.29 is 0 Å². The van der Waals surface area contributed by atoms with Gasteiger partial charge in [0.25, 0.3) is 0 Å². The van der Waals surface area contributed by atoms with Crippen molar-refractivity contribution in [1.29, 1.82) is 0 Å². The van der Waals surface area contributed by atoms with E-state index in [1.807, 2.05) is 44.2 Å². The Labute approximate surface area is 160 Å². The molecule has 4 heteroatoms. The highest BCUT2D eigenvalue weighted by Gasteiger charge is 2.25. The van der Waals surface area contributed by atoms with E-state index in [4.69, 9.17) is 23.2 Å². The zero-order valence-corrected chi connectivity index (χ0v) is 16.3. The van der Waals surface area contributed by atoms with Crippen LogP contribution in [0.25, 0.3) is 11.3 Å². The Morgan fingerprint density at radius 2 is 1.76 bits per heavy atom. The van der Waals surface area contributed by atoms with E-state index in [1.165, 1.54) is 0 Å². The van der Waals surface area contributed by atoms with Crippen molar-refractivity contribution in [2.75, 3.05) is 6.54 Å². The molecule has 0 bridgehead atoms. The smallest absolute Gasteiger partial charge is 0.0682 e. The van der Waals surface area contributed by atoms with Crippen LogP contribution in [0.4, 0.5) is 0 Å². The van der Waals surface area contributed by atoms with Gasteiger partial charge in [0.05, 0.1) is 21.4 Å². The third kappa shape index (κ3) is 3.97. The van der Waals surface area contributed by atoms with Gasteiger partial charge in [-0.1, -0.05) is 74.0 Å². The average molecular weight is 373 g/mol. The Morgan fingerprint density at radius 3 is 2.36 bits per heavy atom. The van der Waals surface area contributed by atoms with Crippen LogP contribution in [0.2, 0.25) is 5.02 Å². The summed E-state index contributed by atoms with van der Waals surface area (Å²) in [5, 5.41) is 1.24. The Morgan fingerprint density at radius 1 is 1.08 bits per heavy atom. The fourth-order valence-corrected chi connectivity index (χ4v) is 3.15. The second-order valence-electron chi connectivity index (χ2n) is 5.17. The number of hydrogen-bond acceptors (Lipinski definition) is 2. The van der Waals surface area contributed by atoms with E-state index in [2.05, 4.69) is 35.5 Å². The summed E-state index contributed by atoms with van der Waals surface area (Å²) in [5.41, 5.74) is 4.80. The number of benzene rings is 1. The molecule has 1 aliphatic heterocycles. The van der Waals surface area contributed by atoms with Gasteiger partial charge in [-0.3, -0.25) is 4.98 Å². The molecule has 0 unspecified atom stereocenters. The van der Waals surface area contributed by atoms with E-state index in [-0.39, 0.29) is 0 Å². The Hall–Kier alpha value is -2.03. The second kappa shape index (κ2) is 8.89. The van der Waals surface area contributed by atoms with Gasteiger partial charge in [0.1, 0.15) is 0 Å². The van der Waals surface area contributed by atoms with Gasteiger partial charge in [-0.2, -0.15) is 0 Å². The summed E-state index contributed by atoms with van der Waals surface area (Å²) >= 11 is 12.8. The lowest BCUT2D eigenvalue weighted by Crippen LogP contribution is -2.24. The second-order valence-corrected chi connectivity index (χ2v) is 5.98. The van der Waals surface area contributed by atoms with Crippen molar-refractivity contribution in [3.05, 3.63) is 88.3 Å². The molecule has 130 valence electrons. The molecule has 0 atom stereocenters. The summed E-state index contributed by atoms with van der Waals surface area (Å²) in [6.07, 6.45) is 5.36. The molecule has 1 aromatic heterocycles. The zero-order chi connectivity index (χ0) is 18.4. The molecule has 0 spiro atoms. The number of hydrogen-bond donors (Lipinski definition) is 0. The van der Waals surface area contributed by atoms with Crippen LogP contribution in [0, 0.1) is 0 Å². The minimum Gasteiger partial charge on any atom is -0.340 e. The first kappa shape index (κ1) is 19.3. The molecular formula is C21H22Cl2N2. The van der Waals surface area contributed by atoms with Crippen molar-refractivity contribution >= 4 is 34.5 Å². The quantitative estimate of drug-likeness (QED) is 0.602. The normalized spacial score (nSPS) is 14.0. The minimum atomic E-state index is 0.605. The monoisotopic (exact) mass is 372 g/mol. The Kier molecular flexibility index (Phi) is 6.86. The maximum absolute atomic E-state index is 6.42. The molecule has 2 aromatic rings. The molecule has 25 heavy (non-hydrogen) atoms. The number of likely N-dealkylation sites (N-methyl/N-ethyl adjacent to an activating group) is 1. The van der Waals surface area contributed by atoms with E-state index >= 15 is 0 Å². The Balaban J connectivity index is 0.00000109. The number of rotatable bonds is 3. The van der Waals surface area contributed by atoms with Gasteiger partial charge < -0.3 is 4.90 Å². The molecule has 0 saturated heterocycles. The average Bonchev–Trinajstić information content (AvgIpc) is 2.66. The van der Waals surface area contributed by atoms with Crippen LogP contribution in [0.1, 0.15) is 31.9 Å². The van der Waals surface area contributed by atoms with E-state index in [9.17, 15) is 0 Å². The standard InChI is InChI=1S/C19H16Cl2N2.C2H6/c1-3-23-13(2)17(20)11-16(14-7-5-4-6-8-14)19(23)15-9-10-22-12-18(15)21;1-2/h4-12H,2-3H2,1H3;1-2H3. The number of aromatic nitrogens is 1. The summed E-state index contributed by atoms with van der Waals surface area (Å²) in [5.74, 6) is 0. The van der Waals surface area contributed by atoms with Gasteiger partial charge >= 0.3 is 0 Å². The third-order valence-corrected chi connectivity index (χ3v) is 4.45. The molecule has 0 N–H and O–H groups in total. The fraction of sp³-hybridized carbons (Fsp3) is 0.190. The molecule has 0 saturated carbocycles. The van der Waals surface area contributed by atoms with Crippen LogP contribution < -0.4 is 0 Å². The fourth-order valence-electron chi connectivity index (χ4n) is 2.73. The maximum atomic E-state index is 6.42. The molecule has 3 rings (SSSR count). The minimum absolute atomic E-state index is 0.605. The van der Waals surface area contributed by atoms with Gasteiger partial charge in [0.2, 0.25) is 0 Å². The summed E-state index contributed by atoms with van der Waals surface area (Å²) in [7, 11) is 0. The van der Waals surface area contributed by atoms with E-state index in [0.717, 1.165) is 34.6 Å². The zero-order valence-electron chi connectivity index (χ0n) is 14.8. The summed E-state index contributed by atoms with van der Waals surface area (Å²) in [6, 6.07) is 12.1. The predicted octanol–water partition coefficient (Wildman–Crippen LogP) is 6.60. The lowest BCUT2D eigenvalue weighted by Gasteiger charge is -2.33. The van der Waals surface area contributed by atoms with Crippen LogP contribution in [-0.4, -0.2) is 16.4 Å². The van der Waals surface area contributed by atoms with Crippen LogP contribution in [-0.2, 0) is 0 Å². The van der Waals surface area contributed by atoms with Crippen LogP contribution >= 0.6 is 23.2 Å². The summed E-state index contributed by atoms with van der Waals surface area (Å²) < 4.78 is 0.